The largest absolute Gasteiger partial charge is 0.296 e. The van der Waals surface area contributed by atoms with Crippen molar-refractivity contribution in [3.05, 3.63) is 169 Å². The molecule has 0 aromatic heterocycles. The van der Waals surface area contributed by atoms with Crippen molar-refractivity contribution < 1.29 is 4.57 Å². The molecule has 0 heterocycles. The van der Waals surface area contributed by atoms with Crippen LogP contribution in [0.1, 0.15) is 80.4 Å². The van der Waals surface area contributed by atoms with Crippen molar-refractivity contribution in [2.45, 2.75) is 92.2 Å². The average Bonchev–Trinajstić information content (AvgIpc) is 3.19. The maximum atomic E-state index is 17.1. The molecule has 0 radical (unpaired) electrons. The Labute approximate surface area is 342 Å². The van der Waals surface area contributed by atoms with E-state index in [4.69, 9.17) is 0 Å². The van der Waals surface area contributed by atoms with Crippen molar-refractivity contribution in [2.75, 3.05) is 0 Å². The Bertz CT molecular complexity index is 2530. The first-order chi connectivity index (χ1) is 27.1. The highest BCUT2D eigenvalue weighted by Crippen LogP contribution is 2.56. The van der Waals surface area contributed by atoms with Crippen LogP contribution in [0.2, 0.25) is 0 Å². The third-order valence-electron chi connectivity index (χ3n) is 11.3. The van der Waals surface area contributed by atoms with Crippen LogP contribution >= 0.6 is 7.29 Å². The number of hydrogen-bond donors (Lipinski definition) is 0. The number of benzene rings is 7. The molecule has 0 saturated heterocycles. The molecule has 0 fully saturated rings. The Hall–Kier alpha value is -5.01. The molecule has 57 heavy (non-hydrogen) atoms. The van der Waals surface area contributed by atoms with E-state index >= 15 is 4.57 Å². The fourth-order valence-electron chi connectivity index (χ4n) is 8.68. The van der Waals surface area contributed by atoms with Crippen LogP contribution in [-0.4, -0.2) is 16.8 Å². The maximum Gasteiger partial charge on any atom is 0.208 e. The van der Waals surface area contributed by atoms with Gasteiger partial charge in [0, 0.05) is 22.7 Å². The lowest BCUT2D eigenvalue weighted by Crippen LogP contribution is -2.41. The molecule has 1 atom stereocenters. The van der Waals surface area contributed by atoms with Crippen LogP contribution in [-0.2, 0) is 15.4 Å². The molecule has 0 aliphatic carbocycles. The van der Waals surface area contributed by atoms with E-state index in [-0.39, 0.29) is 22.9 Å². The van der Waals surface area contributed by atoms with Gasteiger partial charge in [0.2, 0.25) is 7.29 Å². The fraction of sp³-hybridized carbons (Fsp3) is 0.259. The van der Waals surface area contributed by atoms with Crippen LogP contribution in [0.4, 0.5) is 0 Å². The highest BCUT2D eigenvalue weighted by atomic mass is 31.2. The quantitative estimate of drug-likeness (QED) is 0.136. The first-order valence-corrected chi connectivity index (χ1v) is 22.2. The zero-order valence-electron chi connectivity index (χ0n) is 35.5. The Morgan fingerprint density at radius 3 is 1.26 bits per heavy atom. The van der Waals surface area contributed by atoms with Gasteiger partial charge in [-0.2, -0.15) is 0 Å². The summed E-state index contributed by atoms with van der Waals surface area (Å²) >= 11 is 0. The maximum absolute atomic E-state index is 17.1. The van der Waals surface area contributed by atoms with E-state index in [9.17, 15) is 0 Å². The number of fused-ring (bicyclic) bond motifs is 1. The third-order valence-corrected chi connectivity index (χ3v) is 14.9. The first-order valence-electron chi connectivity index (χ1n) is 20.5. The van der Waals surface area contributed by atoms with Crippen LogP contribution in [0.3, 0.4) is 0 Å². The van der Waals surface area contributed by atoms with Crippen molar-refractivity contribution in [3.63, 3.8) is 0 Å². The molecular weight excluding hydrogens is 710 g/mol. The zero-order chi connectivity index (χ0) is 40.7. The Morgan fingerprint density at radius 2 is 0.825 bits per heavy atom. The van der Waals surface area contributed by atoms with Crippen LogP contribution in [0.5, 0.6) is 0 Å². The van der Waals surface area contributed by atoms with Gasteiger partial charge >= 0.3 is 0 Å². The highest BCUT2D eigenvalue weighted by molar-refractivity contribution is 7.76. The minimum Gasteiger partial charge on any atom is -0.296 e. The number of rotatable bonds is 9. The van der Waals surface area contributed by atoms with Gasteiger partial charge in [0.1, 0.15) is 0 Å². The molecule has 0 aliphatic rings. The van der Waals surface area contributed by atoms with E-state index in [1.165, 1.54) is 27.6 Å². The van der Waals surface area contributed by atoms with Crippen molar-refractivity contribution in [2.24, 2.45) is 0 Å². The summed E-state index contributed by atoms with van der Waals surface area (Å²) in [7, 11) is -3.51. The SMILES string of the molecule is CC(C)N(C(C)C)P(=O)(c1ccc(C(C)(C)C)cc1)c1ccc(C(C)(C)C)cc1-c1c(-c2ccccc2)c(-c2ccccc2)c(-c2ccccc2)c2ccccc12. The van der Waals surface area contributed by atoms with Gasteiger partial charge < -0.3 is 0 Å². The molecule has 0 bridgehead atoms. The van der Waals surface area contributed by atoms with Crippen LogP contribution < -0.4 is 10.6 Å². The van der Waals surface area contributed by atoms with Crippen molar-refractivity contribution >= 4 is 28.7 Å². The molecule has 3 heteroatoms. The molecule has 7 rings (SSSR count). The van der Waals surface area contributed by atoms with E-state index in [0.29, 0.717) is 0 Å². The van der Waals surface area contributed by atoms with E-state index in [0.717, 1.165) is 49.4 Å². The van der Waals surface area contributed by atoms with E-state index in [2.05, 4.69) is 232 Å². The third kappa shape index (κ3) is 7.59. The number of hydrogen-bond acceptors (Lipinski definition) is 1. The smallest absolute Gasteiger partial charge is 0.208 e. The summed E-state index contributed by atoms with van der Waals surface area (Å²) < 4.78 is 19.4. The summed E-state index contributed by atoms with van der Waals surface area (Å²) in [6.07, 6.45) is 0. The minimum absolute atomic E-state index is 0.0129. The Morgan fingerprint density at radius 1 is 0.439 bits per heavy atom. The Kier molecular flexibility index (Phi) is 11.1. The van der Waals surface area contributed by atoms with E-state index < -0.39 is 7.29 Å². The minimum atomic E-state index is -3.51. The Balaban J connectivity index is 1.74. The van der Waals surface area contributed by atoms with Gasteiger partial charge in [-0.05, 0) is 129 Å². The zero-order valence-corrected chi connectivity index (χ0v) is 36.4. The second-order valence-electron chi connectivity index (χ2n) is 18.1. The lowest BCUT2D eigenvalue weighted by molar-refractivity contribution is 0.307. The van der Waals surface area contributed by atoms with Gasteiger partial charge in [0.05, 0.1) is 0 Å². The molecule has 290 valence electrons. The number of nitrogens with zero attached hydrogens (tertiary/aromatic N) is 1. The summed E-state index contributed by atoms with van der Waals surface area (Å²) in [4.78, 5) is 0. The van der Waals surface area contributed by atoms with Crippen molar-refractivity contribution in [1.29, 1.82) is 0 Å². The molecule has 0 amide bonds. The fourth-order valence-corrected chi connectivity index (χ4v) is 12.1. The van der Waals surface area contributed by atoms with Gasteiger partial charge in [-0.3, -0.25) is 4.57 Å². The van der Waals surface area contributed by atoms with Crippen LogP contribution in [0.25, 0.3) is 55.3 Å². The molecule has 7 aromatic carbocycles. The summed E-state index contributed by atoms with van der Waals surface area (Å²) in [6.45, 7) is 22.3. The second-order valence-corrected chi connectivity index (χ2v) is 20.7. The molecule has 7 aromatic rings. The van der Waals surface area contributed by atoms with Gasteiger partial charge in [-0.1, -0.05) is 175 Å². The topological polar surface area (TPSA) is 20.3 Å². The van der Waals surface area contributed by atoms with E-state index in [1.807, 2.05) is 0 Å². The molecular formula is C54H58NOP. The van der Waals surface area contributed by atoms with Crippen molar-refractivity contribution in [1.82, 2.24) is 4.67 Å². The molecule has 0 N–H and O–H groups in total. The average molecular weight is 768 g/mol. The summed E-state index contributed by atoms with van der Waals surface area (Å²) in [6, 6.07) is 56.9. The molecule has 0 saturated carbocycles. The predicted octanol–water partition coefficient (Wildman–Crippen LogP) is 14.5. The molecule has 2 nitrogen and oxygen atoms in total. The summed E-state index contributed by atoms with van der Waals surface area (Å²) in [5, 5.41) is 4.03. The molecule has 0 spiro atoms. The van der Waals surface area contributed by atoms with Crippen molar-refractivity contribution in [3.8, 4) is 44.5 Å². The predicted molar refractivity (Wildman–Crippen MR) is 249 cm³/mol. The van der Waals surface area contributed by atoms with Gasteiger partial charge in [0.25, 0.3) is 0 Å². The first kappa shape index (κ1) is 40.2. The molecule has 1 unspecified atom stereocenters. The highest BCUT2D eigenvalue weighted by Gasteiger charge is 2.41. The summed E-state index contributed by atoms with van der Waals surface area (Å²) in [5.41, 5.74) is 11.3. The molecule has 0 aliphatic heterocycles. The normalized spacial score (nSPS) is 13.4. The van der Waals surface area contributed by atoms with E-state index in [1.54, 1.807) is 0 Å². The summed E-state index contributed by atoms with van der Waals surface area (Å²) in [5.74, 6) is 0. The van der Waals surface area contributed by atoms with Gasteiger partial charge in [-0.15, -0.1) is 0 Å². The standard InChI is InChI=1S/C54H58NOP/c1-37(2)55(38(3)4)57(56,44-33-30-42(31-34-44)53(5,6)7)48-35-32-43(54(8,9)10)36-47(48)52-46-29-21-20-28-45(46)49(39-22-14-11-15-23-39)50(40-24-16-12-17-25-40)51(52)41-26-18-13-19-27-41/h11-38H,1-10H3. The van der Waals surface area contributed by atoms with Crippen LogP contribution in [0, 0.1) is 0 Å². The van der Waals surface area contributed by atoms with Crippen LogP contribution in [0.15, 0.2) is 158 Å². The monoisotopic (exact) mass is 767 g/mol. The second kappa shape index (κ2) is 15.7. The lowest BCUT2D eigenvalue weighted by atomic mass is 9.78. The van der Waals surface area contributed by atoms with Gasteiger partial charge in [-0.25, -0.2) is 4.67 Å². The van der Waals surface area contributed by atoms with Gasteiger partial charge in [0.15, 0.2) is 0 Å². The lowest BCUT2D eigenvalue weighted by Gasteiger charge is -2.40.